The summed E-state index contributed by atoms with van der Waals surface area (Å²) in [5, 5.41) is 4.51. The summed E-state index contributed by atoms with van der Waals surface area (Å²) in [5.74, 6) is -1.69. The molecule has 2 amide bonds. The number of ether oxygens (including phenoxy) is 4. The third kappa shape index (κ3) is 7.02. The van der Waals surface area contributed by atoms with E-state index in [0.717, 1.165) is 18.2 Å². The third-order valence-corrected chi connectivity index (χ3v) is 4.16. The summed E-state index contributed by atoms with van der Waals surface area (Å²) >= 11 is 0. The van der Waals surface area contributed by atoms with E-state index in [1.165, 1.54) is 39.5 Å². The fraction of sp³-hybridized carbons (Fsp3) is 0.286. The Kier molecular flexibility index (Phi) is 8.49. The first kappa shape index (κ1) is 25.3. The van der Waals surface area contributed by atoms with Crippen molar-refractivity contribution in [2.24, 2.45) is 0 Å². The van der Waals surface area contributed by atoms with Gasteiger partial charge in [0.25, 0.3) is 11.8 Å². The van der Waals surface area contributed by atoms with E-state index in [0.29, 0.717) is 0 Å². The van der Waals surface area contributed by atoms with Crippen LogP contribution in [0.1, 0.15) is 15.9 Å². The van der Waals surface area contributed by atoms with Crippen LogP contribution in [0, 0.1) is 0 Å². The number of rotatable bonds is 9. The average Bonchev–Trinajstić information content (AvgIpc) is 2.79. The van der Waals surface area contributed by atoms with Gasteiger partial charge in [0.15, 0.2) is 18.1 Å². The highest BCUT2D eigenvalue weighted by atomic mass is 19.4. The molecule has 2 N–H and O–H groups in total. The molecule has 0 saturated heterocycles. The predicted molar refractivity (Wildman–Crippen MR) is 109 cm³/mol. The molecular weight excluding hydrogens is 449 g/mol. The third-order valence-electron chi connectivity index (χ3n) is 4.16. The Bertz CT molecular complexity index is 1000. The summed E-state index contributed by atoms with van der Waals surface area (Å²) in [5.41, 5.74) is -0.937. The molecule has 2 rings (SSSR count). The number of halogens is 3. The van der Waals surface area contributed by atoms with E-state index in [9.17, 15) is 27.6 Å². The van der Waals surface area contributed by atoms with E-state index in [1.807, 2.05) is 0 Å². The number of amides is 2. The fourth-order valence-electron chi connectivity index (χ4n) is 2.63. The molecule has 0 aliphatic rings. The van der Waals surface area contributed by atoms with Crippen LogP contribution in [-0.4, -0.2) is 52.3 Å². The summed E-state index contributed by atoms with van der Waals surface area (Å²) < 4.78 is 58.3. The molecular formula is C21H21F3N2O7. The minimum absolute atomic E-state index is 0.110. The predicted octanol–water partition coefficient (Wildman–Crippen LogP) is 2.64. The minimum atomic E-state index is -4.57. The highest BCUT2D eigenvalue weighted by Gasteiger charge is 2.30. The van der Waals surface area contributed by atoms with Crippen LogP contribution < -0.4 is 24.8 Å². The molecule has 178 valence electrons. The number of nitrogens with one attached hydrogen (secondary N) is 2. The molecule has 0 fully saturated rings. The maximum atomic E-state index is 12.7. The zero-order chi connectivity index (χ0) is 24.6. The Balaban J connectivity index is 1.88. The maximum absolute atomic E-state index is 12.7. The van der Waals surface area contributed by atoms with Gasteiger partial charge in [0.2, 0.25) is 5.75 Å². The van der Waals surface area contributed by atoms with Gasteiger partial charge < -0.3 is 29.6 Å². The Morgan fingerprint density at radius 2 is 1.58 bits per heavy atom. The molecule has 0 bridgehead atoms. The summed E-state index contributed by atoms with van der Waals surface area (Å²) in [6, 6.07) is 6.74. The Hall–Kier alpha value is -3.96. The number of benzene rings is 2. The van der Waals surface area contributed by atoms with Gasteiger partial charge >= 0.3 is 12.1 Å². The smallest absolute Gasteiger partial charge is 0.416 e. The van der Waals surface area contributed by atoms with Crippen molar-refractivity contribution >= 4 is 23.5 Å². The van der Waals surface area contributed by atoms with Gasteiger partial charge in [-0.2, -0.15) is 13.2 Å². The lowest BCUT2D eigenvalue weighted by molar-refractivity contribution is -0.146. The van der Waals surface area contributed by atoms with Gasteiger partial charge in [-0.3, -0.25) is 14.4 Å². The van der Waals surface area contributed by atoms with Gasteiger partial charge in [-0.05, 0) is 30.3 Å². The van der Waals surface area contributed by atoms with Gasteiger partial charge in [-0.1, -0.05) is 6.07 Å². The van der Waals surface area contributed by atoms with Gasteiger partial charge in [-0.15, -0.1) is 0 Å². The molecule has 0 unspecified atom stereocenters. The largest absolute Gasteiger partial charge is 0.493 e. The van der Waals surface area contributed by atoms with Crippen molar-refractivity contribution in [1.29, 1.82) is 0 Å². The molecule has 0 aliphatic heterocycles. The van der Waals surface area contributed by atoms with Crippen molar-refractivity contribution in [1.82, 2.24) is 5.32 Å². The zero-order valence-electron chi connectivity index (χ0n) is 17.9. The Morgan fingerprint density at radius 1 is 0.939 bits per heavy atom. The van der Waals surface area contributed by atoms with E-state index < -0.39 is 42.7 Å². The van der Waals surface area contributed by atoms with Crippen molar-refractivity contribution in [2.45, 2.75) is 6.18 Å². The molecule has 0 aromatic heterocycles. The second kappa shape index (κ2) is 11.1. The SMILES string of the molecule is COc1cc(C(=O)NCC(=O)OCC(=O)Nc2cccc(C(F)(F)F)c2)cc(OC)c1OC. The second-order valence-electron chi connectivity index (χ2n) is 6.38. The van der Waals surface area contributed by atoms with E-state index in [1.54, 1.807) is 0 Å². The number of methoxy groups -OCH3 is 3. The van der Waals surface area contributed by atoms with E-state index in [4.69, 9.17) is 18.9 Å². The first-order chi connectivity index (χ1) is 15.6. The highest BCUT2D eigenvalue weighted by molar-refractivity contribution is 5.97. The standard InChI is InChI=1S/C21H21F3N2O7/c1-30-15-7-12(8-16(31-2)19(15)32-3)20(29)25-10-18(28)33-11-17(27)26-14-6-4-5-13(9-14)21(22,23)24/h4-9H,10-11H2,1-3H3,(H,25,29)(H,26,27). The average molecular weight is 470 g/mol. The van der Waals surface area contributed by atoms with Crippen molar-refractivity contribution in [3.63, 3.8) is 0 Å². The first-order valence-electron chi connectivity index (χ1n) is 9.30. The fourth-order valence-corrected chi connectivity index (χ4v) is 2.63. The van der Waals surface area contributed by atoms with E-state index >= 15 is 0 Å². The summed E-state index contributed by atoms with van der Waals surface area (Å²) in [7, 11) is 4.15. The zero-order valence-corrected chi connectivity index (χ0v) is 17.9. The lowest BCUT2D eigenvalue weighted by Gasteiger charge is -2.14. The lowest BCUT2D eigenvalue weighted by atomic mass is 10.1. The molecule has 33 heavy (non-hydrogen) atoms. The number of hydrogen-bond donors (Lipinski definition) is 2. The van der Waals surface area contributed by atoms with Crippen LogP contribution in [0.4, 0.5) is 18.9 Å². The van der Waals surface area contributed by atoms with Crippen molar-refractivity contribution in [3.05, 3.63) is 47.5 Å². The van der Waals surface area contributed by atoms with Crippen molar-refractivity contribution in [3.8, 4) is 17.2 Å². The van der Waals surface area contributed by atoms with Crippen LogP contribution in [0.15, 0.2) is 36.4 Å². The van der Waals surface area contributed by atoms with Gasteiger partial charge in [-0.25, -0.2) is 0 Å². The molecule has 12 heteroatoms. The molecule has 2 aromatic carbocycles. The maximum Gasteiger partial charge on any atom is 0.416 e. The number of esters is 1. The van der Waals surface area contributed by atoms with Crippen LogP contribution in [0.3, 0.4) is 0 Å². The van der Waals surface area contributed by atoms with Crippen LogP contribution in [0.25, 0.3) is 0 Å². The monoisotopic (exact) mass is 470 g/mol. The Morgan fingerprint density at radius 3 is 2.12 bits per heavy atom. The molecule has 0 spiro atoms. The van der Waals surface area contributed by atoms with Crippen molar-refractivity contribution < 1.29 is 46.5 Å². The topological polar surface area (TPSA) is 112 Å². The molecule has 0 atom stereocenters. The van der Waals surface area contributed by atoms with Crippen LogP contribution in [0.5, 0.6) is 17.2 Å². The number of hydrogen-bond acceptors (Lipinski definition) is 7. The number of alkyl halides is 3. The van der Waals surface area contributed by atoms with Gasteiger partial charge in [0.1, 0.15) is 6.54 Å². The first-order valence-corrected chi connectivity index (χ1v) is 9.30. The number of carbonyl (C=O) groups is 3. The summed E-state index contributed by atoms with van der Waals surface area (Å²) in [6.45, 7) is -1.32. The van der Waals surface area contributed by atoms with E-state index in [-0.39, 0.29) is 28.5 Å². The molecule has 0 heterocycles. The highest BCUT2D eigenvalue weighted by Crippen LogP contribution is 2.38. The van der Waals surface area contributed by atoms with E-state index in [2.05, 4.69) is 10.6 Å². The number of anilines is 1. The van der Waals surface area contributed by atoms with Crippen LogP contribution in [0.2, 0.25) is 0 Å². The number of carbonyl (C=O) groups excluding carboxylic acids is 3. The van der Waals surface area contributed by atoms with Crippen LogP contribution >= 0.6 is 0 Å². The quantitative estimate of drug-likeness (QED) is 0.542. The normalized spacial score (nSPS) is 10.7. The summed E-state index contributed by atoms with van der Waals surface area (Å²) in [6.07, 6.45) is -4.57. The van der Waals surface area contributed by atoms with Gasteiger partial charge in [0, 0.05) is 11.3 Å². The molecule has 0 saturated carbocycles. The van der Waals surface area contributed by atoms with Crippen LogP contribution in [-0.2, 0) is 20.5 Å². The Labute approximate surface area is 186 Å². The van der Waals surface area contributed by atoms with Crippen molar-refractivity contribution in [2.75, 3.05) is 39.8 Å². The molecule has 0 aliphatic carbocycles. The second-order valence-corrected chi connectivity index (χ2v) is 6.38. The van der Waals surface area contributed by atoms with Gasteiger partial charge in [0.05, 0.1) is 26.9 Å². The molecule has 2 aromatic rings. The lowest BCUT2D eigenvalue weighted by Crippen LogP contribution is -2.32. The summed E-state index contributed by atoms with van der Waals surface area (Å²) in [4.78, 5) is 36.0. The molecule has 0 radical (unpaired) electrons. The minimum Gasteiger partial charge on any atom is -0.493 e. The molecule has 9 nitrogen and oxygen atoms in total.